The number of amides is 2. The fraction of sp³-hybridized carbons (Fsp3) is 0.263. The van der Waals surface area contributed by atoms with E-state index in [1.165, 1.54) is 0 Å². The summed E-state index contributed by atoms with van der Waals surface area (Å²) in [7, 11) is 4.97. The van der Waals surface area contributed by atoms with Gasteiger partial charge in [-0.1, -0.05) is 24.3 Å². The van der Waals surface area contributed by atoms with Crippen molar-refractivity contribution in [2.75, 3.05) is 27.8 Å². The van der Waals surface area contributed by atoms with Gasteiger partial charge < -0.3 is 9.47 Å². The Morgan fingerprint density at radius 1 is 0.962 bits per heavy atom. The van der Waals surface area contributed by atoms with E-state index in [9.17, 15) is 9.59 Å². The topological polar surface area (TPSA) is 79.9 Å². The first-order chi connectivity index (χ1) is 12.5. The van der Waals surface area contributed by atoms with Gasteiger partial charge in [-0.2, -0.15) is 0 Å². The minimum Gasteiger partial charge on any atom is -0.493 e. The molecule has 0 aromatic heterocycles. The number of ether oxygens (including phenoxy) is 2. The van der Waals surface area contributed by atoms with Gasteiger partial charge in [0, 0.05) is 12.1 Å². The molecule has 0 bridgehead atoms. The highest BCUT2D eigenvalue weighted by Gasteiger charge is 2.11. The van der Waals surface area contributed by atoms with E-state index in [1.807, 2.05) is 36.2 Å². The third-order valence-corrected chi connectivity index (χ3v) is 3.67. The molecule has 0 saturated carbocycles. The molecule has 0 aliphatic heterocycles. The third-order valence-electron chi connectivity index (χ3n) is 3.67. The van der Waals surface area contributed by atoms with E-state index < -0.39 is 0 Å². The van der Waals surface area contributed by atoms with Crippen molar-refractivity contribution in [1.29, 1.82) is 0 Å². The molecule has 7 nitrogen and oxygen atoms in total. The molecule has 0 atom stereocenters. The highest BCUT2D eigenvalue weighted by molar-refractivity contribution is 5.95. The summed E-state index contributed by atoms with van der Waals surface area (Å²) in [6, 6.07) is 14.3. The molecular weight excluding hydrogens is 334 g/mol. The van der Waals surface area contributed by atoms with Crippen LogP contribution in [0.4, 0.5) is 0 Å². The number of hydrazine groups is 1. The summed E-state index contributed by atoms with van der Waals surface area (Å²) in [4.78, 5) is 25.7. The number of likely N-dealkylation sites (N-methyl/N-ethyl adjacent to an activating group) is 1. The number of benzene rings is 2. The van der Waals surface area contributed by atoms with Gasteiger partial charge in [-0.25, -0.2) is 0 Å². The minimum atomic E-state index is -0.360. The highest BCUT2D eigenvalue weighted by atomic mass is 16.5. The Morgan fingerprint density at radius 3 is 2.31 bits per heavy atom. The zero-order valence-corrected chi connectivity index (χ0v) is 15.1. The Bertz CT molecular complexity index is 750. The van der Waals surface area contributed by atoms with Gasteiger partial charge in [-0.05, 0) is 36.9 Å². The predicted molar refractivity (Wildman–Crippen MR) is 97.9 cm³/mol. The standard InChI is InChI=1S/C19H23N3O4/c1-22(12-14-9-10-16(25-2)17(11-14)26-3)13-18(23)20-21-19(24)15-7-5-4-6-8-15/h4-11H,12-13H2,1-3H3,(H,20,23)(H,21,24). The van der Waals surface area contributed by atoms with Crippen molar-refractivity contribution in [3.05, 3.63) is 59.7 Å². The Morgan fingerprint density at radius 2 is 1.65 bits per heavy atom. The molecule has 7 heteroatoms. The molecule has 2 N–H and O–H groups in total. The Hall–Kier alpha value is -3.06. The van der Waals surface area contributed by atoms with Crippen LogP contribution in [0.25, 0.3) is 0 Å². The smallest absolute Gasteiger partial charge is 0.269 e. The number of nitrogens with zero attached hydrogens (tertiary/aromatic N) is 1. The molecule has 2 rings (SSSR count). The lowest BCUT2D eigenvalue weighted by atomic mass is 10.2. The van der Waals surface area contributed by atoms with Crippen LogP contribution in [-0.4, -0.2) is 44.5 Å². The second-order valence-corrected chi connectivity index (χ2v) is 5.73. The van der Waals surface area contributed by atoms with E-state index >= 15 is 0 Å². The Labute approximate surface area is 152 Å². The van der Waals surface area contributed by atoms with Crippen molar-refractivity contribution in [1.82, 2.24) is 15.8 Å². The van der Waals surface area contributed by atoms with Crippen molar-refractivity contribution < 1.29 is 19.1 Å². The van der Waals surface area contributed by atoms with Crippen LogP contribution in [0.5, 0.6) is 11.5 Å². The number of nitrogens with one attached hydrogen (secondary N) is 2. The van der Waals surface area contributed by atoms with Crippen molar-refractivity contribution >= 4 is 11.8 Å². The molecule has 26 heavy (non-hydrogen) atoms. The Kier molecular flexibility index (Phi) is 6.99. The van der Waals surface area contributed by atoms with E-state index in [0.717, 1.165) is 5.56 Å². The molecule has 0 unspecified atom stereocenters. The quantitative estimate of drug-likeness (QED) is 0.736. The van der Waals surface area contributed by atoms with Crippen LogP contribution in [-0.2, 0) is 11.3 Å². The van der Waals surface area contributed by atoms with Crippen molar-refractivity contribution in [2.45, 2.75) is 6.54 Å². The van der Waals surface area contributed by atoms with Crippen LogP contribution in [0.3, 0.4) is 0 Å². The zero-order valence-electron chi connectivity index (χ0n) is 15.1. The SMILES string of the molecule is COc1ccc(CN(C)CC(=O)NNC(=O)c2ccccc2)cc1OC. The maximum absolute atomic E-state index is 12.0. The molecule has 2 aromatic rings. The number of carbonyl (C=O) groups is 2. The predicted octanol–water partition coefficient (Wildman–Crippen LogP) is 1.60. The summed E-state index contributed by atoms with van der Waals surface area (Å²) in [5.74, 6) is 0.622. The van der Waals surface area contributed by atoms with Gasteiger partial charge in [0.15, 0.2) is 11.5 Å². The highest BCUT2D eigenvalue weighted by Crippen LogP contribution is 2.27. The van der Waals surface area contributed by atoms with Crippen molar-refractivity contribution in [3.63, 3.8) is 0 Å². The van der Waals surface area contributed by atoms with Gasteiger partial charge in [0.2, 0.25) is 0 Å². The molecule has 2 aromatic carbocycles. The minimum absolute atomic E-state index is 0.128. The number of carbonyl (C=O) groups excluding carboxylic acids is 2. The van der Waals surface area contributed by atoms with Crippen molar-refractivity contribution in [2.24, 2.45) is 0 Å². The van der Waals surface area contributed by atoms with E-state index in [0.29, 0.717) is 23.6 Å². The van der Waals surface area contributed by atoms with Crippen LogP contribution in [0.15, 0.2) is 48.5 Å². The average molecular weight is 357 g/mol. The Balaban J connectivity index is 1.82. The third kappa shape index (κ3) is 5.49. The van der Waals surface area contributed by atoms with Crippen LogP contribution in [0.2, 0.25) is 0 Å². The lowest BCUT2D eigenvalue weighted by Gasteiger charge is -2.17. The van der Waals surface area contributed by atoms with E-state index in [2.05, 4.69) is 10.9 Å². The van der Waals surface area contributed by atoms with Crippen molar-refractivity contribution in [3.8, 4) is 11.5 Å². The van der Waals surface area contributed by atoms with Gasteiger partial charge in [-0.3, -0.25) is 25.3 Å². The van der Waals surface area contributed by atoms with Crippen LogP contribution in [0, 0.1) is 0 Å². The molecule has 2 amide bonds. The van der Waals surface area contributed by atoms with Gasteiger partial charge in [0.1, 0.15) is 0 Å². The first kappa shape index (κ1) is 19.3. The van der Waals surface area contributed by atoms with E-state index in [4.69, 9.17) is 9.47 Å². The maximum atomic E-state index is 12.0. The van der Waals surface area contributed by atoms with Crippen LogP contribution in [0.1, 0.15) is 15.9 Å². The zero-order chi connectivity index (χ0) is 18.9. The monoisotopic (exact) mass is 357 g/mol. The first-order valence-corrected chi connectivity index (χ1v) is 8.07. The molecule has 0 aliphatic rings. The molecule has 138 valence electrons. The van der Waals surface area contributed by atoms with Crippen LogP contribution < -0.4 is 20.3 Å². The maximum Gasteiger partial charge on any atom is 0.269 e. The molecule has 0 heterocycles. The molecule has 0 fully saturated rings. The lowest BCUT2D eigenvalue weighted by molar-refractivity contribution is -0.122. The van der Waals surface area contributed by atoms with Gasteiger partial charge >= 0.3 is 0 Å². The fourth-order valence-electron chi connectivity index (χ4n) is 2.42. The summed E-state index contributed by atoms with van der Waals surface area (Å²) in [6.07, 6.45) is 0. The number of methoxy groups -OCH3 is 2. The summed E-state index contributed by atoms with van der Waals surface area (Å²) < 4.78 is 10.5. The lowest BCUT2D eigenvalue weighted by Crippen LogP contribution is -2.45. The number of hydrogen-bond acceptors (Lipinski definition) is 5. The molecule has 0 aliphatic carbocycles. The summed E-state index contributed by atoms with van der Waals surface area (Å²) in [5, 5.41) is 0. The summed E-state index contributed by atoms with van der Waals surface area (Å²) in [6.45, 7) is 0.670. The molecular formula is C19H23N3O4. The van der Waals surface area contributed by atoms with E-state index in [-0.39, 0.29) is 18.4 Å². The van der Waals surface area contributed by atoms with Crippen LogP contribution >= 0.6 is 0 Å². The molecule has 0 radical (unpaired) electrons. The second kappa shape index (κ2) is 9.43. The largest absolute Gasteiger partial charge is 0.493 e. The molecule has 0 saturated heterocycles. The summed E-state index contributed by atoms with van der Waals surface area (Å²) in [5.41, 5.74) is 6.27. The number of hydrogen-bond donors (Lipinski definition) is 2. The summed E-state index contributed by atoms with van der Waals surface area (Å²) >= 11 is 0. The second-order valence-electron chi connectivity index (χ2n) is 5.73. The first-order valence-electron chi connectivity index (χ1n) is 8.07. The molecule has 0 spiro atoms. The van der Waals surface area contributed by atoms with Gasteiger partial charge in [0.25, 0.3) is 11.8 Å². The van der Waals surface area contributed by atoms with Gasteiger partial charge in [0.05, 0.1) is 20.8 Å². The van der Waals surface area contributed by atoms with E-state index in [1.54, 1.807) is 38.5 Å². The normalized spacial score (nSPS) is 10.3. The average Bonchev–Trinajstić information content (AvgIpc) is 2.66. The number of rotatable bonds is 7. The van der Waals surface area contributed by atoms with Gasteiger partial charge in [-0.15, -0.1) is 0 Å². The fourth-order valence-corrected chi connectivity index (χ4v) is 2.42.